The van der Waals surface area contributed by atoms with Gasteiger partial charge >= 0.3 is 0 Å². The molecule has 1 fully saturated rings. The Balaban J connectivity index is 1.42. The van der Waals surface area contributed by atoms with Gasteiger partial charge < -0.3 is 4.90 Å². The number of piperidine rings is 1. The third-order valence-electron chi connectivity index (χ3n) is 7.23. The minimum atomic E-state index is 0.00142. The quantitative estimate of drug-likeness (QED) is 0.502. The van der Waals surface area contributed by atoms with Crippen molar-refractivity contribution in [2.24, 2.45) is 0 Å². The van der Waals surface area contributed by atoms with Crippen molar-refractivity contribution in [2.45, 2.75) is 51.5 Å². The van der Waals surface area contributed by atoms with Crippen LogP contribution in [0.2, 0.25) is 0 Å². The minimum Gasteiger partial charge on any atom is -0.342 e. The van der Waals surface area contributed by atoms with Crippen LogP contribution in [-0.4, -0.2) is 30.4 Å². The van der Waals surface area contributed by atoms with Crippen LogP contribution in [0.15, 0.2) is 78.9 Å². The Morgan fingerprint density at radius 2 is 1.61 bits per heavy atom. The van der Waals surface area contributed by atoms with Crippen LogP contribution in [0.1, 0.15) is 60.5 Å². The van der Waals surface area contributed by atoms with Crippen LogP contribution >= 0.6 is 0 Å². The number of hydrogen-bond acceptors (Lipinski definition) is 2. The van der Waals surface area contributed by atoms with Gasteiger partial charge in [0.25, 0.3) is 0 Å². The summed E-state index contributed by atoms with van der Waals surface area (Å²) in [6.07, 6.45) is 3.07. The van der Waals surface area contributed by atoms with Gasteiger partial charge in [0.2, 0.25) is 5.91 Å². The van der Waals surface area contributed by atoms with Gasteiger partial charge in [-0.25, -0.2) is 0 Å². The highest BCUT2D eigenvalue weighted by Crippen LogP contribution is 2.37. The van der Waals surface area contributed by atoms with Gasteiger partial charge in [0.05, 0.1) is 12.6 Å². The first-order valence-corrected chi connectivity index (χ1v) is 12.2. The van der Waals surface area contributed by atoms with Gasteiger partial charge in [0.1, 0.15) is 0 Å². The van der Waals surface area contributed by atoms with E-state index in [9.17, 15) is 4.79 Å². The highest BCUT2D eigenvalue weighted by molar-refractivity contribution is 5.78. The van der Waals surface area contributed by atoms with E-state index < -0.39 is 0 Å². The number of likely N-dealkylation sites (tertiary alicyclic amines) is 1. The maximum atomic E-state index is 13.2. The summed E-state index contributed by atoms with van der Waals surface area (Å²) in [5.41, 5.74) is 6.64. The molecule has 4 rings (SSSR count). The van der Waals surface area contributed by atoms with E-state index in [0.29, 0.717) is 6.54 Å². The van der Waals surface area contributed by atoms with E-state index in [4.69, 9.17) is 0 Å². The third-order valence-corrected chi connectivity index (χ3v) is 7.23. The second-order valence-electron chi connectivity index (χ2n) is 9.59. The van der Waals surface area contributed by atoms with Gasteiger partial charge in [-0.3, -0.25) is 10.1 Å². The fourth-order valence-corrected chi connectivity index (χ4v) is 5.16. The molecule has 1 aliphatic rings. The number of aryl methyl sites for hydroxylation is 2. The molecule has 3 heteroatoms. The second kappa shape index (κ2) is 10.4. The van der Waals surface area contributed by atoms with Crippen molar-refractivity contribution in [1.29, 1.82) is 0 Å². The van der Waals surface area contributed by atoms with Gasteiger partial charge in [-0.15, -0.1) is 0 Å². The molecule has 33 heavy (non-hydrogen) atoms. The first-order valence-electron chi connectivity index (χ1n) is 12.2. The van der Waals surface area contributed by atoms with E-state index in [2.05, 4.69) is 98.9 Å². The predicted molar refractivity (Wildman–Crippen MR) is 136 cm³/mol. The summed E-state index contributed by atoms with van der Waals surface area (Å²) in [6.45, 7) is 8.67. The van der Waals surface area contributed by atoms with Crippen molar-refractivity contribution < 1.29 is 4.79 Å². The van der Waals surface area contributed by atoms with Gasteiger partial charge in [-0.1, -0.05) is 98.3 Å². The van der Waals surface area contributed by atoms with Crippen molar-refractivity contribution in [3.05, 3.63) is 107 Å². The average Bonchev–Trinajstić information content (AvgIpc) is 2.85. The maximum absolute atomic E-state index is 13.2. The smallest absolute Gasteiger partial charge is 0.236 e. The molecule has 0 aliphatic carbocycles. The summed E-state index contributed by atoms with van der Waals surface area (Å²) in [5, 5.41) is 3.56. The molecule has 1 unspecified atom stereocenters. The fraction of sp³-hybridized carbons (Fsp3) is 0.367. The summed E-state index contributed by atoms with van der Waals surface area (Å²) in [7, 11) is 0. The van der Waals surface area contributed by atoms with Crippen molar-refractivity contribution in [3.8, 4) is 0 Å². The highest BCUT2D eigenvalue weighted by atomic mass is 16.2. The van der Waals surface area contributed by atoms with Crippen molar-refractivity contribution >= 4 is 5.91 Å². The van der Waals surface area contributed by atoms with Crippen LogP contribution in [0.25, 0.3) is 0 Å². The molecule has 0 radical (unpaired) electrons. The van der Waals surface area contributed by atoms with E-state index in [1.54, 1.807) is 0 Å². The van der Waals surface area contributed by atoms with Crippen molar-refractivity contribution in [1.82, 2.24) is 10.2 Å². The van der Waals surface area contributed by atoms with Crippen molar-refractivity contribution in [3.63, 3.8) is 0 Å². The Labute approximate surface area is 198 Å². The van der Waals surface area contributed by atoms with Gasteiger partial charge in [0, 0.05) is 13.1 Å². The molecule has 172 valence electrons. The van der Waals surface area contributed by atoms with Gasteiger partial charge in [-0.05, 0) is 53.9 Å². The normalized spacial score (nSPS) is 16.4. The first-order chi connectivity index (χ1) is 16.0. The lowest BCUT2D eigenvalue weighted by Gasteiger charge is -2.41. The molecule has 1 aliphatic heterocycles. The zero-order chi connectivity index (χ0) is 23.3. The Kier molecular flexibility index (Phi) is 7.29. The van der Waals surface area contributed by atoms with E-state index in [1.165, 1.54) is 27.8 Å². The van der Waals surface area contributed by atoms with Gasteiger partial charge in [-0.2, -0.15) is 0 Å². The summed E-state index contributed by atoms with van der Waals surface area (Å²) in [4.78, 5) is 15.2. The highest BCUT2D eigenvalue weighted by Gasteiger charge is 2.34. The molecule has 1 heterocycles. The molecule has 3 nitrogen and oxygen atoms in total. The molecule has 3 aromatic carbocycles. The maximum Gasteiger partial charge on any atom is 0.236 e. The topological polar surface area (TPSA) is 32.3 Å². The molecule has 0 spiro atoms. The Morgan fingerprint density at radius 1 is 0.939 bits per heavy atom. The lowest BCUT2D eigenvalue weighted by atomic mass is 9.72. The molecule has 1 N–H and O–H groups in total. The monoisotopic (exact) mass is 440 g/mol. The largest absolute Gasteiger partial charge is 0.342 e. The number of rotatable bonds is 7. The SMILES string of the molecule is CCc1ccccc1C1(C)CCN(C(=O)CNC(c2ccccc2)c2cccc(C)c2)CC1. The summed E-state index contributed by atoms with van der Waals surface area (Å²) in [5.74, 6) is 0.189. The molecular formula is C30H36N2O. The Bertz CT molecular complexity index is 1070. The van der Waals surface area contributed by atoms with Crippen LogP contribution < -0.4 is 5.32 Å². The number of carbonyl (C=O) groups is 1. The van der Waals surface area contributed by atoms with Crippen LogP contribution in [0, 0.1) is 6.92 Å². The second-order valence-corrected chi connectivity index (χ2v) is 9.59. The zero-order valence-corrected chi connectivity index (χ0v) is 20.2. The number of nitrogens with zero attached hydrogens (tertiary/aromatic N) is 1. The first kappa shape index (κ1) is 23.3. The Hall–Kier alpha value is -2.91. The Morgan fingerprint density at radius 3 is 2.30 bits per heavy atom. The molecular weight excluding hydrogens is 404 g/mol. The van der Waals surface area contributed by atoms with Crippen LogP contribution in [-0.2, 0) is 16.6 Å². The number of nitrogens with one attached hydrogen (secondary N) is 1. The standard InChI is InChI=1S/C30H36N2O/c1-4-24-12-8-9-16-27(24)30(3)17-19-32(20-18-30)28(33)22-31-29(25-13-6-5-7-14-25)26-15-10-11-23(2)21-26/h5-16,21,29,31H,4,17-20,22H2,1-3H3. The van der Waals surface area contributed by atoms with E-state index in [-0.39, 0.29) is 17.4 Å². The fourth-order valence-electron chi connectivity index (χ4n) is 5.16. The van der Waals surface area contributed by atoms with E-state index >= 15 is 0 Å². The molecule has 1 atom stereocenters. The molecule has 0 bridgehead atoms. The summed E-state index contributed by atoms with van der Waals surface area (Å²) >= 11 is 0. The lowest BCUT2D eigenvalue weighted by molar-refractivity contribution is -0.131. The lowest BCUT2D eigenvalue weighted by Crippen LogP contribution is -2.47. The van der Waals surface area contributed by atoms with E-state index in [1.807, 2.05) is 11.0 Å². The third kappa shape index (κ3) is 5.36. The minimum absolute atomic E-state index is 0.00142. The average molecular weight is 441 g/mol. The number of hydrogen-bond donors (Lipinski definition) is 1. The number of carbonyl (C=O) groups excluding carboxylic acids is 1. The summed E-state index contributed by atoms with van der Waals surface area (Å²) in [6, 6.07) is 27.7. The van der Waals surface area contributed by atoms with Crippen LogP contribution in [0.4, 0.5) is 0 Å². The number of benzene rings is 3. The molecule has 1 amide bonds. The zero-order valence-electron chi connectivity index (χ0n) is 20.2. The van der Waals surface area contributed by atoms with Crippen LogP contribution in [0.5, 0.6) is 0 Å². The van der Waals surface area contributed by atoms with Crippen molar-refractivity contribution in [2.75, 3.05) is 19.6 Å². The van der Waals surface area contributed by atoms with Gasteiger partial charge in [0.15, 0.2) is 0 Å². The molecule has 0 saturated carbocycles. The molecule has 1 saturated heterocycles. The van der Waals surface area contributed by atoms with Crippen LogP contribution in [0.3, 0.4) is 0 Å². The molecule has 0 aromatic heterocycles. The van der Waals surface area contributed by atoms with E-state index in [0.717, 1.165) is 32.4 Å². The predicted octanol–water partition coefficient (Wildman–Crippen LogP) is 5.82. The number of amides is 1. The molecule has 3 aromatic rings. The summed E-state index contributed by atoms with van der Waals surface area (Å²) < 4.78 is 0.